The molecule has 0 radical (unpaired) electrons. The highest BCUT2D eigenvalue weighted by molar-refractivity contribution is 5.87. The number of carbonyl (C=O) groups excluding carboxylic acids is 1. The number of aromatic nitrogens is 2. The fraction of sp³-hybridized carbons (Fsp3) is 0.643. The van der Waals surface area contributed by atoms with Crippen molar-refractivity contribution in [2.45, 2.75) is 20.3 Å². The van der Waals surface area contributed by atoms with Crippen molar-refractivity contribution in [1.82, 2.24) is 19.8 Å². The van der Waals surface area contributed by atoms with Crippen LogP contribution in [0.15, 0.2) is 18.5 Å². The van der Waals surface area contributed by atoms with Crippen molar-refractivity contribution in [1.29, 1.82) is 0 Å². The number of nitrogens with one attached hydrogen (secondary N) is 1. The summed E-state index contributed by atoms with van der Waals surface area (Å²) in [6.45, 7) is 9.18. The molecule has 1 fully saturated rings. The molecule has 0 aromatic carbocycles. The Bertz CT molecular complexity index is 421. The van der Waals surface area contributed by atoms with Gasteiger partial charge in [0, 0.05) is 32.0 Å². The highest BCUT2D eigenvalue weighted by Crippen LogP contribution is 2.18. The van der Waals surface area contributed by atoms with E-state index in [-0.39, 0.29) is 6.03 Å². The van der Waals surface area contributed by atoms with Gasteiger partial charge in [0.05, 0.1) is 0 Å². The van der Waals surface area contributed by atoms with Gasteiger partial charge in [-0.2, -0.15) is 0 Å². The van der Waals surface area contributed by atoms with Gasteiger partial charge in [-0.15, -0.1) is 0 Å². The molecule has 2 amide bonds. The summed E-state index contributed by atoms with van der Waals surface area (Å²) in [6, 6.07) is 1.63. The van der Waals surface area contributed by atoms with E-state index in [2.05, 4.69) is 34.0 Å². The lowest BCUT2D eigenvalue weighted by molar-refractivity contribution is 0.215. The Morgan fingerprint density at radius 2 is 2.10 bits per heavy atom. The standard InChI is InChI=1S/C14H23N5O/c1-3-18(4-2)10-12-6-9-19(11-12)14(20)17-13-15-7-5-8-16-13/h5,7-8,12H,3-4,6,9-11H2,1-2H3,(H,15,16,17,20). The molecule has 1 aliphatic rings. The van der Waals surface area contributed by atoms with Crippen LogP contribution in [0.25, 0.3) is 0 Å². The molecule has 0 bridgehead atoms. The van der Waals surface area contributed by atoms with Gasteiger partial charge in [0.2, 0.25) is 5.95 Å². The van der Waals surface area contributed by atoms with E-state index in [4.69, 9.17) is 0 Å². The molecule has 2 heterocycles. The van der Waals surface area contributed by atoms with E-state index in [0.717, 1.165) is 39.1 Å². The van der Waals surface area contributed by atoms with Crippen LogP contribution in [0.4, 0.5) is 10.7 Å². The van der Waals surface area contributed by atoms with E-state index in [9.17, 15) is 4.79 Å². The van der Waals surface area contributed by atoms with Crippen LogP contribution in [-0.4, -0.2) is 58.5 Å². The third-order valence-electron chi connectivity index (χ3n) is 3.77. The number of carbonyl (C=O) groups is 1. The summed E-state index contributed by atoms with van der Waals surface area (Å²) in [6.07, 6.45) is 4.31. The molecular formula is C14H23N5O. The number of hydrogen-bond donors (Lipinski definition) is 1. The summed E-state index contributed by atoms with van der Waals surface area (Å²) in [5.74, 6) is 0.932. The molecule has 1 unspecified atom stereocenters. The molecule has 110 valence electrons. The Morgan fingerprint density at radius 3 is 2.75 bits per heavy atom. The maximum atomic E-state index is 12.1. The summed E-state index contributed by atoms with van der Waals surface area (Å²) in [5, 5.41) is 2.74. The minimum absolute atomic E-state index is 0.0988. The van der Waals surface area contributed by atoms with Crippen molar-refractivity contribution in [2.24, 2.45) is 5.92 Å². The predicted molar refractivity (Wildman–Crippen MR) is 78.5 cm³/mol. The van der Waals surface area contributed by atoms with Crippen molar-refractivity contribution in [3.63, 3.8) is 0 Å². The fourth-order valence-electron chi connectivity index (χ4n) is 2.55. The first-order chi connectivity index (χ1) is 9.72. The van der Waals surface area contributed by atoms with Gasteiger partial charge in [-0.3, -0.25) is 5.32 Å². The topological polar surface area (TPSA) is 61.4 Å². The molecule has 1 aromatic heterocycles. The first kappa shape index (κ1) is 14.7. The molecule has 1 aliphatic heterocycles. The van der Waals surface area contributed by atoms with Crippen molar-refractivity contribution in [3.8, 4) is 0 Å². The molecule has 1 N–H and O–H groups in total. The molecule has 0 saturated carbocycles. The normalized spacial score (nSPS) is 18.6. The van der Waals surface area contributed by atoms with Gasteiger partial charge in [0.25, 0.3) is 0 Å². The Labute approximate surface area is 120 Å². The monoisotopic (exact) mass is 277 g/mol. The predicted octanol–water partition coefficient (Wildman–Crippen LogP) is 1.67. The van der Waals surface area contributed by atoms with Gasteiger partial charge in [-0.1, -0.05) is 13.8 Å². The number of amides is 2. The van der Waals surface area contributed by atoms with E-state index in [1.54, 1.807) is 18.5 Å². The van der Waals surface area contributed by atoms with Gasteiger partial charge in [-0.05, 0) is 31.5 Å². The van der Waals surface area contributed by atoms with E-state index in [0.29, 0.717) is 11.9 Å². The average molecular weight is 277 g/mol. The molecular weight excluding hydrogens is 254 g/mol. The Balaban J connectivity index is 1.81. The summed E-state index contributed by atoms with van der Waals surface area (Å²) >= 11 is 0. The molecule has 20 heavy (non-hydrogen) atoms. The maximum absolute atomic E-state index is 12.1. The highest BCUT2D eigenvalue weighted by atomic mass is 16.2. The molecule has 2 rings (SSSR count). The minimum atomic E-state index is -0.0988. The average Bonchev–Trinajstić information content (AvgIpc) is 2.94. The fourth-order valence-corrected chi connectivity index (χ4v) is 2.55. The molecule has 1 saturated heterocycles. The Morgan fingerprint density at radius 1 is 1.40 bits per heavy atom. The van der Waals surface area contributed by atoms with Crippen molar-refractivity contribution in [3.05, 3.63) is 18.5 Å². The first-order valence-electron chi connectivity index (χ1n) is 7.28. The van der Waals surface area contributed by atoms with E-state index < -0.39 is 0 Å². The molecule has 1 atom stereocenters. The summed E-state index contributed by atoms with van der Waals surface area (Å²) in [5.41, 5.74) is 0. The third-order valence-corrected chi connectivity index (χ3v) is 3.77. The summed E-state index contributed by atoms with van der Waals surface area (Å²) in [7, 11) is 0. The van der Waals surface area contributed by atoms with Gasteiger partial charge in [0.1, 0.15) is 0 Å². The van der Waals surface area contributed by atoms with Crippen LogP contribution in [0.5, 0.6) is 0 Å². The van der Waals surface area contributed by atoms with Crippen LogP contribution >= 0.6 is 0 Å². The molecule has 6 heteroatoms. The van der Waals surface area contributed by atoms with Gasteiger partial charge >= 0.3 is 6.03 Å². The van der Waals surface area contributed by atoms with Crippen molar-refractivity contribution in [2.75, 3.05) is 38.0 Å². The number of likely N-dealkylation sites (tertiary alicyclic amines) is 1. The minimum Gasteiger partial charge on any atom is -0.324 e. The lowest BCUT2D eigenvalue weighted by atomic mass is 10.1. The second kappa shape index (κ2) is 7.19. The number of hydrogen-bond acceptors (Lipinski definition) is 4. The second-order valence-electron chi connectivity index (χ2n) is 5.09. The van der Waals surface area contributed by atoms with Crippen LogP contribution in [0, 0.1) is 5.92 Å². The first-order valence-corrected chi connectivity index (χ1v) is 7.28. The molecule has 0 aliphatic carbocycles. The number of rotatable bonds is 5. The van der Waals surface area contributed by atoms with Gasteiger partial charge in [0.15, 0.2) is 0 Å². The second-order valence-corrected chi connectivity index (χ2v) is 5.09. The number of nitrogens with zero attached hydrogens (tertiary/aromatic N) is 4. The molecule has 6 nitrogen and oxygen atoms in total. The SMILES string of the molecule is CCN(CC)CC1CCN(C(=O)Nc2ncccn2)C1. The molecule has 0 spiro atoms. The lowest BCUT2D eigenvalue weighted by Crippen LogP contribution is -2.35. The number of urea groups is 1. The third kappa shape index (κ3) is 3.90. The van der Waals surface area contributed by atoms with E-state index >= 15 is 0 Å². The van der Waals surface area contributed by atoms with E-state index in [1.165, 1.54) is 0 Å². The Kier molecular flexibility index (Phi) is 5.29. The summed E-state index contributed by atoms with van der Waals surface area (Å²) in [4.78, 5) is 24.4. The van der Waals surface area contributed by atoms with Crippen LogP contribution in [0.1, 0.15) is 20.3 Å². The zero-order valence-electron chi connectivity index (χ0n) is 12.2. The highest BCUT2D eigenvalue weighted by Gasteiger charge is 2.27. The van der Waals surface area contributed by atoms with Crippen molar-refractivity contribution < 1.29 is 4.79 Å². The van der Waals surface area contributed by atoms with Crippen LogP contribution in [-0.2, 0) is 0 Å². The van der Waals surface area contributed by atoms with Crippen molar-refractivity contribution >= 4 is 12.0 Å². The lowest BCUT2D eigenvalue weighted by Gasteiger charge is -2.22. The van der Waals surface area contributed by atoms with Crippen LogP contribution in [0.3, 0.4) is 0 Å². The smallest absolute Gasteiger partial charge is 0.324 e. The van der Waals surface area contributed by atoms with Crippen LogP contribution < -0.4 is 5.32 Å². The molecule has 1 aromatic rings. The number of anilines is 1. The summed E-state index contributed by atoms with van der Waals surface area (Å²) < 4.78 is 0. The van der Waals surface area contributed by atoms with Gasteiger partial charge in [-0.25, -0.2) is 14.8 Å². The quantitative estimate of drug-likeness (QED) is 0.889. The van der Waals surface area contributed by atoms with Crippen LogP contribution in [0.2, 0.25) is 0 Å². The maximum Gasteiger partial charge on any atom is 0.324 e. The van der Waals surface area contributed by atoms with E-state index in [1.807, 2.05) is 4.90 Å². The van der Waals surface area contributed by atoms with Gasteiger partial charge < -0.3 is 9.80 Å². The zero-order valence-corrected chi connectivity index (χ0v) is 12.2. The largest absolute Gasteiger partial charge is 0.324 e. The zero-order chi connectivity index (χ0) is 14.4. The Hall–Kier alpha value is -1.69.